The highest BCUT2D eigenvalue weighted by Gasteiger charge is 2.05. The third-order valence-corrected chi connectivity index (χ3v) is 2.70. The first-order chi connectivity index (χ1) is 8.70. The Bertz CT molecular complexity index is 711. The molecule has 0 unspecified atom stereocenters. The topological polar surface area (TPSA) is 76.7 Å². The zero-order valence-corrected chi connectivity index (χ0v) is 11.0. The summed E-state index contributed by atoms with van der Waals surface area (Å²) in [5.41, 5.74) is 1.61. The Hall–Kier alpha value is -2.02. The van der Waals surface area contributed by atoms with Crippen LogP contribution in [0.25, 0.3) is 11.0 Å². The van der Waals surface area contributed by atoms with Gasteiger partial charge in [-0.05, 0) is 34.1 Å². The van der Waals surface area contributed by atoms with E-state index in [0.29, 0.717) is 17.7 Å². The second-order valence-electron chi connectivity index (χ2n) is 3.64. The molecule has 0 spiro atoms. The van der Waals surface area contributed by atoms with E-state index in [0.717, 1.165) is 15.5 Å². The molecule has 18 heavy (non-hydrogen) atoms. The fourth-order valence-electron chi connectivity index (χ4n) is 1.51. The lowest BCUT2D eigenvalue weighted by molar-refractivity contribution is 0.535. The van der Waals surface area contributed by atoms with Crippen LogP contribution in [0.5, 0.6) is 0 Å². The van der Waals surface area contributed by atoms with Crippen LogP contribution >= 0.6 is 15.9 Å². The number of aryl methyl sites for hydroxylation is 1. The second kappa shape index (κ2) is 4.34. The summed E-state index contributed by atoms with van der Waals surface area (Å²) in [6.07, 6.45) is 1.73. The summed E-state index contributed by atoms with van der Waals surface area (Å²) in [7, 11) is 0. The van der Waals surface area contributed by atoms with Gasteiger partial charge in [-0.1, -0.05) is 5.10 Å². The second-order valence-corrected chi connectivity index (χ2v) is 4.56. The molecule has 0 fully saturated rings. The van der Waals surface area contributed by atoms with Gasteiger partial charge in [0.15, 0.2) is 0 Å². The van der Waals surface area contributed by atoms with E-state index in [1.54, 1.807) is 13.1 Å². The highest BCUT2D eigenvalue weighted by atomic mass is 79.9. The van der Waals surface area contributed by atoms with E-state index in [9.17, 15) is 0 Å². The molecular formula is C11H8BrN5O. The van der Waals surface area contributed by atoms with Crippen molar-refractivity contribution in [3.05, 3.63) is 34.8 Å². The lowest BCUT2D eigenvalue weighted by atomic mass is 10.3. The van der Waals surface area contributed by atoms with Crippen molar-refractivity contribution in [2.45, 2.75) is 6.92 Å². The van der Waals surface area contributed by atoms with Gasteiger partial charge in [-0.2, -0.15) is 0 Å². The van der Waals surface area contributed by atoms with Gasteiger partial charge in [0.1, 0.15) is 5.82 Å². The van der Waals surface area contributed by atoms with Crippen molar-refractivity contribution in [3.8, 4) is 0 Å². The minimum absolute atomic E-state index is 0.322. The van der Waals surface area contributed by atoms with Gasteiger partial charge in [0.05, 0.1) is 11.0 Å². The van der Waals surface area contributed by atoms with Gasteiger partial charge in [-0.25, -0.2) is 4.98 Å². The van der Waals surface area contributed by atoms with E-state index >= 15 is 0 Å². The molecule has 0 atom stereocenters. The molecule has 0 aromatic carbocycles. The van der Waals surface area contributed by atoms with Gasteiger partial charge in [-0.3, -0.25) is 10.3 Å². The minimum Gasteiger partial charge on any atom is -0.408 e. The number of nitrogens with one attached hydrogen (secondary N) is 1. The molecule has 3 aromatic heterocycles. The van der Waals surface area contributed by atoms with Crippen molar-refractivity contribution in [2.75, 3.05) is 5.32 Å². The molecule has 0 saturated carbocycles. The number of hydrogen-bond acceptors (Lipinski definition) is 6. The first-order valence-electron chi connectivity index (χ1n) is 5.20. The van der Waals surface area contributed by atoms with Crippen LogP contribution in [-0.4, -0.2) is 20.2 Å². The Kier molecular flexibility index (Phi) is 2.67. The van der Waals surface area contributed by atoms with Crippen LogP contribution < -0.4 is 5.32 Å². The number of rotatable bonds is 2. The molecule has 3 rings (SSSR count). The Labute approximate surface area is 111 Å². The summed E-state index contributed by atoms with van der Waals surface area (Å²) >= 11 is 3.36. The van der Waals surface area contributed by atoms with Crippen LogP contribution in [0.3, 0.4) is 0 Å². The van der Waals surface area contributed by atoms with Crippen LogP contribution in [0.1, 0.15) is 5.89 Å². The lowest BCUT2D eigenvalue weighted by Crippen LogP contribution is -1.94. The van der Waals surface area contributed by atoms with Crippen molar-refractivity contribution >= 4 is 38.8 Å². The van der Waals surface area contributed by atoms with E-state index in [-0.39, 0.29) is 0 Å². The first kappa shape index (κ1) is 11.1. The molecule has 3 heterocycles. The molecule has 1 N–H and O–H groups in total. The maximum absolute atomic E-state index is 5.22. The molecule has 6 nitrogen and oxygen atoms in total. The maximum atomic E-state index is 5.22. The fraction of sp³-hybridized carbons (Fsp3) is 0.0909. The minimum atomic E-state index is 0.322. The summed E-state index contributed by atoms with van der Waals surface area (Å²) in [5.74, 6) is 1.13. The van der Waals surface area contributed by atoms with Gasteiger partial charge < -0.3 is 4.42 Å². The van der Waals surface area contributed by atoms with Crippen LogP contribution in [0.4, 0.5) is 11.8 Å². The first-order valence-corrected chi connectivity index (χ1v) is 5.99. The number of pyridine rings is 2. The predicted molar refractivity (Wildman–Crippen MR) is 69.6 cm³/mol. The molecule has 0 aliphatic carbocycles. The van der Waals surface area contributed by atoms with Gasteiger partial charge >= 0.3 is 6.01 Å². The Morgan fingerprint density at radius 2 is 2.11 bits per heavy atom. The molecule has 0 bridgehead atoms. The maximum Gasteiger partial charge on any atom is 0.321 e. The van der Waals surface area contributed by atoms with E-state index < -0.39 is 0 Å². The van der Waals surface area contributed by atoms with Crippen LogP contribution in [0.15, 0.2) is 33.3 Å². The molecule has 90 valence electrons. The molecule has 0 radical (unpaired) electrons. The van der Waals surface area contributed by atoms with E-state index in [4.69, 9.17) is 4.42 Å². The van der Waals surface area contributed by atoms with Gasteiger partial charge in [0.25, 0.3) is 0 Å². The smallest absolute Gasteiger partial charge is 0.321 e. The summed E-state index contributed by atoms with van der Waals surface area (Å²) < 4.78 is 6.11. The van der Waals surface area contributed by atoms with E-state index in [2.05, 4.69) is 41.4 Å². The van der Waals surface area contributed by atoms with Crippen molar-refractivity contribution < 1.29 is 4.42 Å². The quantitative estimate of drug-likeness (QED) is 0.784. The van der Waals surface area contributed by atoms with Gasteiger partial charge in [0.2, 0.25) is 5.89 Å². The van der Waals surface area contributed by atoms with E-state index in [1.165, 1.54) is 0 Å². The van der Waals surface area contributed by atoms with Crippen molar-refractivity contribution in [2.24, 2.45) is 0 Å². The molecule has 0 amide bonds. The summed E-state index contributed by atoms with van der Waals surface area (Å²) in [6.45, 7) is 1.73. The number of anilines is 2. The zero-order valence-electron chi connectivity index (χ0n) is 9.38. The van der Waals surface area contributed by atoms with Crippen LogP contribution in [-0.2, 0) is 0 Å². The number of aromatic nitrogens is 4. The standard InChI is InChI=1S/C11H8BrN5O/c1-6-16-17-11(18-6)15-10-3-2-8-9(14-10)4-7(12)5-13-8/h2-5H,1H3,(H,14,15,17). The third kappa shape index (κ3) is 2.17. The molecule has 7 heteroatoms. The Morgan fingerprint density at radius 3 is 2.89 bits per heavy atom. The number of nitrogens with zero attached hydrogens (tertiary/aromatic N) is 4. The lowest BCUT2D eigenvalue weighted by Gasteiger charge is -2.02. The van der Waals surface area contributed by atoms with Crippen LogP contribution in [0.2, 0.25) is 0 Å². The molecule has 0 aliphatic heterocycles. The SMILES string of the molecule is Cc1nnc(Nc2ccc3ncc(Br)cc3n2)o1. The number of hydrogen-bond donors (Lipinski definition) is 1. The third-order valence-electron chi connectivity index (χ3n) is 2.27. The Morgan fingerprint density at radius 1 is 1.22 bits per heavy atom. The average molecular weight is 306 g/mol. The summed E-state index contributed by atoms with van der Waals surface area (Å²) in [6, 6.07) is 5.90. The van der Waals surface area contributed by atoms with Crippen molar-refractivity contribution in [1.29, 1.82) is 0 Å². The summed E-state index contributed by atoms with van der Waals surface area (Å²) in [4.78, 5) is 8.65. The Balaban J connectivity index is 1.97. The van der Waals surface area contributed by atoms with Gasteiger partial charge in [-0.15, -0.1) is 5.10 Å². The number of halogens is 1. The van der Waals surface area contributed by atoms with E-state index in [1.807, 2.05) is 18.2 Å². The number of fused-ring (bicyclic) bond motifs is 1. The van der Waals surface area contributed by atoms with Crippen molar-refractivity contribution in [3.63, 3.8) is 0 Å². The largest absolute Gasteiger partial charge is 0.408 e. The summed E-state index contributed by atoms with van der Waals surface area (Å²) in [5, 5.41) is 10.5. The van der Waals surface area contributed by atoms with Crippen LogP contribution in [0, 0.1) is 6.92 Å². The monoisotopic (exact) mass is 305 g/mol. The molecule has 0 aliphatic rings. The molecule has 3 aromatic rings. The fourth-order valence-corrected chi connectivity index (χ4v) is 1.83. The molecule has 0 saturated heterocycles. The van der Waals surface area contributed by atoms with Crippen molar-refractivity contribution in [1.82, 2.24) is 20.2 Å². The highest BCUT2D eigenvalue weighted by molar-refractivity contribution is 9.10. The normalized spacial score (nSPS) is 10.8. The van der Waals surface area contributed by atoms with Gasteiger partial charge in [0, 0.05) is 17.6 Å². The average Bonchev–Trinajstić information content (AvgIpc) is 2.74. The highest BCUT2D eigenvalue weighted by Crippen LogP contribution is 2.19. The zero-order chi connectivity index (χ0) is 12.5. The predicted octanol–water partition coefficient (Wildman–Crippen LogP) is 2.83. The molecular weight excluding hydrogens is 298 g/mol.